The van der Waals surface area contributed by atoms with E-state index in [1.807, 2.05) is 13.0 Å². The number of imidazole rings is 1. The maximum absolute atomic E-state index is 13.4. The highest BCUT2D eigenvalue weighted by atomic mass is 16.3. The molecule has 154 valence electrons. The molecule has 4 aromatic heterocycles. The van der Waals surface area contributed by atoms with E-state index in [9.17, 15) is 9.90 Å². The molecule has 2 aliphatic rings. The van der Waals surface area contributed by atoms with Gasteiger partial charge in [0.1, 0.15) is 11.8 Å². The predicted molar refractivity (Wildman–Crippen MR) is 110 cm³/mol. The number of nitrogens with zero attached hydrogens (tertiary/aromatic N) is 7. The average molecular weight is 409 g/mol. The highest BCUT2D eigenvalue weighted by Gasteiger charge is 2.55. The second-order valence-corrected chi connectivity index (χ2v) is 8.54. The summed E-state index contributed by atoms with van der Waals surface area (Å²) in [5, 5.41) is 18.1. The zero-order valence-electron chi connectivity index (χ0n) is 19.3. The van der Waals surface area contributed by atoms with Crippen molar-refractivity contribution in [3.8, 4) is 0 Å². The number of hydrogen-bond acceptors (Lipinski definition) is 7. The molecule has 2 fully saturated rings. The van der Waals surface area contributed by atoms with Crippen LogP contribution in [-0.4, -0.2) is 44.4 Å². The Kier molecular flexibility index (Phi) is 2.77. The minimum Gasteiger partial charge on any atom is -0.390 e. The molecule has 0 aliphatic heterocycles. The van der Waals surface area contributed by atoms with Crippen molar-refractivity contribution >= 4 is 28.4 Å². The number of pyridine rings is 1. The van der Waals surface area contributed by atoms with Gasteiger partial charge in [-0.15, -0.1) is 0 Å². The fourth-order valence-corrected chi connectivity index (χ4v) is 5.13. The molecular weight excluding hydrogens is 384 g/mol. The van der Waals surface area contributed by atoms with Crippen LogP contribution < -0.4 is 11.0 Å². The Morgan fingerprint density at radius 3 is 2.83 bits per heavy atom. The van der Waals surface area contributed by atoms with Gasteiger partial charge in [-0.3, -0.25) is 9.13 Å². The molecule has 10 heteroatoms. The van der Waals surface area contributed by atoms with Crippen molar-refractivity contribution in [1.82, 2.24) is 33.7 Å². The number of hydrogen-bond donors (Lipinski definition) is 2. The third-order valence-corrected chi connectivity index (χ3v) is 6.70. The van der Waals surface area contributed by atoms with E-state index in [4.69, 9.17) is 4.11 Å². The lowest BCUT2D eigenvalue weighted by Crippen LogP contribution is -2.38. The number of rotatable bonds is 3. The average Bonchev–Trinajstić information content (AvgIpc) is 3.47. The van der Waals surface area contributed by atoms with Gasteiger partial charge in [0.25, 0.3) is 0 Å². The minimum absolute atomic E-state index is 0.144. The summed E-state index contributed by atoms with van der Waals surface area (Å²) in [6.45, 7) is -0.773. The summed E-state index contributed by atoms with van der Waals surface area (Å²) in [5.74, 6) is 0.226. The highest BCUT2D eigenvalue weighted by Crippen LogP contribution is 2.55. The molecule has 4 heterocycles. The van der Waals surface area contributed by atoms with Crippen LogP contribution in [0.2, 0.25) is 0 Å². The zero-order valence-corrected chi connectivity index (χ0v) is 16.3. The van der Waals surface area contributed by atoms with Gasteiger partial charge >= 0.3 is 5.69 Å². The Bertz CT molecular complexity index is 1480. The molecule has 0 saturated heterocycles. The molecular formula is C20H22N8O2. The first-order valence-electron chi connectivity index (χ1n) is 11.4. The molecule has 2 aliphatic carbocycles. The third-order valence-electron chi connectivity index (χ3n) is 6.70. The van der Waals surface area contributed by atoms with Crippen LogP contribution in [0.1, 0.15) is 41.8 Å². The molecule has 0 unspecified atom stereocenters. The second kappa shape index (κ2) is 5.66. The van der Waals surface area contributed by atoms with E-state index in [1.54, 1.807) is 10.7 Å². The van der Waals surface area contributed by atoms with Gasteiger partial charge in [0.15, 0.2) is 11.3 Å². The third kappa shape index (κ3) is 2.30. The van der Waals surface area contributed by atoms with E-state index in [0.29, 0.717) is 43.4 Å². The van der Waals surface area contributed by atoms with Crippen LogP contribution >= 0.6 is 0 Å². The van der Waals surface area contributed by atoms with E-state index in [2.05, 4.69) is 25.4 Å². The zero-order chi connectivity index (χ0) is 23.2. The first kappa shape index (κ1) is 14.7. The Morgan fingerprint density at radius 2 is 2.10 bits per heavy atom. The fraction of sp³-hybridized carbons (Fsp3) is 0.450. The number of fused-ring (bicyclic) bond motifs is 4. The molecule has 0 spiro atoms. The lowest BCUT2D eigenvalue weighted by Gasteiger charge is -2.27. The van der Waals surface area contributed by atoms with Crippen molar-refractivity contribution in [3.63, 3.8) is 0 Å². The molecule has 0 atom stereocenters. The maximum Gasteiger partial charge on any atom is 0.330 e. The maximum atomic E-state index is 13.4. The van der Waals surface area contributed by atoms with Crippen LogP contribution in [0.5, 0.6) is 0 Å². The lowest BCUT2D eigenvalue weighted by molar-refractivity contribution is 0.0521. The SMILES string of the molecule is [2H]C([2H])([2H])n1c(=O)n(C23CCC(O)(CC2)C3)c2nc(Nc3cn4ncnc4cc3C)ncc21. The molecule has 30 heavy (non-hydrogen) atoms. The predicted octanol–water partition coefficient (Wildman–Crippen LogP) is 1.63. The van der Waals surface area contributed by atoms with Crippen molar-refractivity contribution in [2.45, 2.75) is 50.2 Å². The van der Waals surface area contributed by atoms with Crippen LogP contribution in [0, 0.1) is 6.92 Å². The second-order valence-electron chi connectivity index (χ2n) is 8.54. The summed E-state index contributed by atoms with van der Waals surface area (Å²) in [6.07, 6.45) is 7.34. The summed E-state index contributed by atoms with van der Waals surface area (Å²) >= 11 is 0. The minimum atomic E-state index is -2.68. The van der Waals surface area contributed by atoms with E-state index in [0.717, 1.165) is 10.1 Å². The Morgan fingerprint density at radius 1 is 1.27 bits per heavy atom. The molecule has 0 amide bonds. The van der Waals surface area contributed by atoms with E-state index < -0.39 is 23.8 Å². The van der Waals surface area contributed by atoms with E-state index >= 15 is 0 Å². The number of aryl methyl sites for hydroxylation is 2. The first-order chi connectivity index (χ1) is 15.6. The number of aliphatic hydroxyl groups is 1. The molecule has 0 aromatic carbocycles. The van der Waals surface area contributed by atoms with E-state index in [-0.39, 0.29) is 17.1 Å². The quantitative estimate of drug-likeness (QED) is 0.528. The number of nitrogens with one attached hydrogen (secondary N) is 1. The van der Waals surface area contributed by atoms with Crippen molar-refractivity contribution in [3.05, 3.63) is 40.8 Å². The highest BCUT2D eigenvalue weighted by molar-refractivity contribution is 5.73. The van der Waals surface area contributed by atoms with Gasteiger partial charge in [0, 0.05) is 11.1 Å². The first-order valence-corrected chi connectivity index (χ1v) is 9.90. The normalized spacial score (nSPS) is 27.5. The monoisotopic (exact) mass is 409 g/mol. The summed E-state index contributed by atoms with van der Waals surface area (Å²) < 4.78 is 27.6. The summed E-state index contributed by atoms with van der Waals surface area (Å²) in [7, 11) is 0. The molecule has 2 bridgehead atoms. The van der Waals surface area contributed by atoms with Crippen LogP contribution in [0.4, 0.5) is 11.6 Å². The van der Waals surface area contributed by atoms with Crippen molar-refractivity contribution < 1.29 is 9.22 Å². The van der Waals surface area contributed by atoms with Crippen molar-refractivity contribution in [2.24, 2.45) is 6.98 Å². The van der Waals surface area contributed by atoms with Gasteiger partial charge < -0.3 is 10.4 Å². The molecule has 0 radical (unpaired) electrons. The van der Waals surface area contributed by atoms with Crippen LogP contribution in [-0.2, 0) is 12.5 Å². The van der Waals surface area contributed by atoms with Crippen molar-refractivity contribution in [1.29, 1.82) is 0 Å². The van der Waals surface area contributed by atoms with Gasteiger partial charge in [0.2, 0.25) is 5.95 Å². The Labute approximate surface area is 175 Å². The van der Waals surface area contributed by atoms with Crippen LogP contribution in [0.3, 0.4) is 0 Å². The summed E-state index contributed by atoms with van der Waals surface area (Å²) in [6, 6.07) is 1.87. The van der Waals surface area contributed by atoms with E-state index in [1.165, 1.54) is 17.1 Å². The lowest BCUT2D eigenvalue weighted by atomic mass is 9.92. The smallest absolute Gasteiger partial charge is 0.330 e. The molecule has 2 N–H and O–H groups in total. The van der Waals surface area contributed by atoms with Gasteiger partial charge in [-0.05, 0) is 50.7 Å². The Balaban J connectivity index is 1.52. The number of anilines is 2. The van der Waals surface area contributed by atoms with Gasteiger partial charge in [-0.25, -0.2) is 19.3 Å². The summed E-state index contributed by atoms with van der Waals surface area (Å²) in [4.78, 5) is 26.5. The number of aromatic nitrogens is 7. The van der Waals surface area contributed by atoms with Crippen LogP contribution in [0.15, 0.2) is 29.6 Å². The topological polar surface area (TPSA) is 115 Å². The molecule has 2 saturated carbocycles. The van der Waals surface area contributed by atoms with Gasteiger partial charge in [0.05, 0.1) is 29.2 Å². The molecule has 10 nitrogen and oxygen atoms in total. The molecule has 6 rings (SSSR count). The standard InChI is InChI=1S/C20H22N8O2/c1-12-7-15-22-11-23-27(15)9-13(12)24-17-21-8-14-16(25-17)28(18(29)26(14)2)19-3-5-20(30,10-19)6-4-19/h7-9,11,30H,3-6,10H2,1-2H3,(H,21,24,25)/i2D3. The molecule has 4 aromatic rings. The summed E-state index contributed by atoms with van der Waals surface area (Å²) in [5.41, 5.74) is 0.575. The van der Waals surface area contributed by atoms with Crippen molar-refractivity contribution in [2.75, 3.05) is 5.32 Å². The van der Waals surface area contributed by atoms with Crippen LogP contribution in [0.25, 0.3) is 16.8 Å². The largest absolute Gasteiger partial charge is 0.390 e. The van der Waals surface area contributed by atoms with Gasteiger partial charge in [-0.2, -0.15) is 10.1 Å². The fourth-order valence-electron chi connectivity index (χ4n) is 5.13. The van der Waals surface area contributed by atoms with Gasteiger partial charge in [-0.1, -0.05) is 0 Å². The Hall–Kier alpha value is -3.27.